The van der Waals surface area contributed by atoms with Crippen molar-refractivity contribution in [2.24, 2.45) is 23.7 Å². The third-order valence-electron chi connectivity index (χ3n) is 5.18. The van der Waals surface area contributed by atoms with Crippen LogP contribution < -0.4 is 0 Å². The quantitative estimate of drug-likeness (QED) is 0.585. The molecule has 0 spiro atoms. The highest BCUT2D eigenvalue weighted by molar-refractivity contribution is 5.82. The van der Waals surface area contributed by atoms with Crippen molar-refractivity contribution in [1.29, 1.82) is 0 Å². The van der Waals surface area contributed by atoms with E-state index in [1.165, 1.54) is 0 Å². The van der Waals surface area contributed by atoms with Crippen molar-refractivity contribution < 1.29 is 34.4 Å². The van der Waals surface area contributed by atoms with Crippen molar-refractivity contribution in [3.05, 3.63) is 0 Å². The van der Waals surface area contributed by atoms with Crippen molar-refractivity contribution in [3.63, 3.8) is 0 Å². The van der Waals surface area contributed by atoms with Crippen LogP contribution in [0, 0.1) is 23.7 Å². The van der Waals surface area contributed by atoms with Crippen molar-refractivity contribution in [1.82, 2.24) is 0 Å². The molecule has 0 aliphatic carbocycles. The molecule has 0 aromatic carbocycles. The van der Waals surface area contributed by atoms with Gasteiger partial charge in [-0.2, -0.15) is 0 Å². The number of rotatable bonds is 2. The van der Waals surface area contributed by atoms with Gasteiger partial charge in [0, 0.05) is 18.3 Å². The predicted octanol–water partition coefficient (Wildman–Crippen LogP) is -1.07. The number of aliphatic carboxylic acids is 2. The minimum atomic E-state index is -1.14. The summed E-state index contributed by atoms with van der Waals surface area (Å²) in [6.45, 7) is 0. The number of carboxylic acid groups (broad SMARTS) is 2. The molecular weight excluding hydrogens is 256 g/mol. The number of hydrogen-bond acceptors (Lipinski definition) is 5. The molecule has 7 heteroatoms. The van der Waals surface area contributed by atoms with Crippen molar-refractivity contribution in [2.75, 3.05) is 0 Å². The Morgan fingerprint density at radius 3 is 2.05 bits per heavy atom. The number of carbonyl (C=O) groups is 2. The monoisotopic (exact) mass is 270 g/mol. The second-order valence-electron chi connectivity index (χ2n) is 5.89. The maximum Gasteiger partial charge on any atom is 0.310 e. The molecule has 7 nitrogen and oxygen atoms in total. The van der Waals surface area contributed by atoms with Crippen molar-refractivity contribution in [2.45, 2.75) is 36.9 Å². The fraction of sp³-hybridized carbons (Fsp3) is 0.833. The van der Waals surface area contributed by atoms with Crippen LogP contribution in [0.2, 0.25) is 0 Å². The summed E-state index contributed by atoms with van der Waals surface area (Å²) in [4.78, 5) is 22.7. The number of aliphatic hydroxyl groups is 1. The molecule has 4 aliphatic heterocycles. The van der Waals surface area contributed by atoms with Crippen molar-refractivity contribution >= 4 is 11.9 Å². The van der Waals surface area contributed by atoms with E-state index in [0.717, 1.165) is 0 Å². The van der Waals surface area contributed by atoms with E-state index in [2.05, 4.69) is 0 Å². The number of hydrogen-bond donors (Lipinski definition) is 3. The Balaban J connectivity index is 1.73. The zero-order valence-corrected chi connectivity index (χ0v) is 9.88. The Morgan fingerprint density at radius 1 is 0.895 bits per heavy atom. The van der Waals surface area contributed by atoms with E-state index in [1.807, 2.05) is 0 Å². The molecule has 9 unspecified atom stereocenters. The molecule has 4 rings (SSSR count). The Hall–Kier alpha value is -1.18. The van der Waals surface area contributed by atoms with Crippen molar-refractivity contribution in [3.8, 4) is 0 Å². The molecule has 0 radical (unpaired) electrons. The highest BCUT2D eigenvalue weighted by Crippen LogP contribution is 2.60. The van der Waals surface area contributed by atoms with Gasteiger partial charge in [0.2, 0.25) is 0 Å². The third-order valence-corrected chi connectivity index (χ3v) is 5.18. The Bertz CT molecular complexity index is 463. The minimum absolute atomic E-state index is 0.0879. The molecule has 4 fully saturated rings. The number of fused-ring (bicyclic) bond motifs is 9. The van der Waals surface area contributed by atoms with E-state index in [0.29, 0.717) is 6.42 Å². The summed E-state index contributed by atoms with van der Waals surface area (Å²) >= 11 is 0. The van der Waals surface area contributed by atoms with Gasteiger partial charge in [0.1, 0.15) is 0 Å². The maximum atomic E-state index is 11.3. The molecular formula is C12H14O7. The molecule has 0 saturated carbocycles. The van der Waals surface area contributed by atoms with E-state index in [-0.39, 0.29) is 17.9 Å². The van der Waals surface area contributed by atoms with Gasteiger partial charge in [-0.25, -0.2) is 0 Å². The van der Waals surface area contributed by atoms with E-state index < -0.39 is 48.2 Å². The Morgan fingerprint density at radius 2 is 1.47 bits per heavy atom. The molecule has 4 bridgehead atoms. The van der Waals surface area contributed by atoms with E-state index in [1.54, 1.807) is 0 Å². The molecule has 19 heavy (non-hydrogen) atoms. The summed E-state index contributed by atoms with van der Waals surface area (Å²) in [5.74, 6) is -4.59. The van der Waals surface area contributed by atoms with Crippen LogP contribution in [0.4, 0.5) is 0 Å². The van der Waals surface area contributed by atoms with Crippen LogP contribution in [0.5, 0.6) is 0 Å². The molecule has 104 valence electrons. The van der Waals surface area contributed by atoms with Gasteiger partial charge in [0.15, 0.2) is 0 Å². The van der Waals surface area contributed by atoms with Gasteiger partial charge >= 0.3 is 11.9 Å². The van der Waals surface area contributed by atoms with Crippen LogP contribution >= 0.6 is 0 Å². The summed E-state index contributed by atoms with van der Waals surface area (Å²) in [6.07, 6.45) is -1.96. The summed E-state index contributed by atoms with van der Waals surface area (Å²) in [7, 11) is 0. The first-order valence-corrected chi connectivity index (χ1v) is 6.45. The Labute approximate surface area is 108 Å². The van der Waals surface area contributed by atoms with Gasteiger partial charge < -0.3 is 24.8 Å². The molecule has 0 amide bonds. The average Bonchev–Trinajstić information content (AvgIpc) is 3.01. The second kappa shape index (κ2) is 3.47. The van der Waals surface area contributed by atoms with Gasteiger partial charge in [-0.1, -0.05) is 0 Å². The topological polar surface area (TPSA) is 113 Å². The molecule has 3 N–H and O–H groups in total. The van der Waals surface area contributed by atoms with E-state index in [9.17, 15) is 24.9 Å². The van der Waals surface area contributed by atoms with Gasteiger partial charge in [-0.15, -0.1) is 0 Å². The smallest absolute Gasteiger partial charge is 0.310 e. The molecule has 9 atom stereocenters. The van der Waals surface area contributed by atoms with Crippen LogP contribution in [0.3, 0.4) is 0 Å². The van der Waals surface area contributed by atoms with Crippen LogP contribution in [-0.4, -0.2) is 57.8 Å². The zero-order chi connectivity index (χ0) is 13.5. The maximum absolute atomic E-state index is 11.3. The van der Waals surface area contributed by atoms with Crippen LogP contribution in [0.25, 0.3) is 0 Å². The van der Waals surface area contributed by atoms with Gasteiger partial charge in [-0.05, 0) is 0 Å². The summed E-state index contributed by atoms with van der Waals surface area (Å²) < 4.78 is 11.3. The first-order valence-electron chi connectivity index (χ1n) is 6.45. The summed E-state index contributed by atoms with van der Waals surface area (Å²) in [6, 6.07) is 0. The molecule has 0 aromatic rings. The predicted molar refractivity (Wildman–Crippen MR) is 57.2 cm³/mol. The third kappa shape index (κ3) is 1.23. The highest BCUT2D eigenvalue weighted by Gasteiger charge is 2.72. The fourth-order valence-corrected chi connectivity index (χ4v) is 4.63. The van der Waals surface area contributed by atoms with E-state index in [4.69, 9.17) is 9.47 Å². The number of aliphatic hydroxyl groups excluding tert-OH is 1. The second-order valence-corrected chi connectivity index (χ2v) is 5.89. The molecule has 0 aromatic heterocycles. The lowest BCUT2D eigenvalue weighted by molar-refractivity contribution is -0.156. The Kier molecular flexibility index (Phi) is 2.13. The lowest BCUT2D eigenvalue weighted by Crippen LogP contribution is -2.52. The largest absolute Gasteiger partial charge is 0.481 e. The standard InChI is InChI=1S/C12H14O7/c13-2-1-3-4-5(8(2)18-3)10-7(12(16)17)6(11(14)15)9(4)19-10/h2-10,13H,1H2,(H,14,15)(H,16,17). The highest BCUT2D eigenvalue weighted by atomic mass is 16.6. The van der Waals surface area contributed by atoms with Gasteiger partial charge in [0.05, 0.1) is 42.4 Å². The van der Waals surface area contributed by atoms with Gasteiger partial charge in [-0.3, -0.25) is 9.59 Å². The van der Waals surface area contributed by atoms with Gasteiger partial charge in [0.25, 0.3) is 0 Å². The summed E-state index contributed by atoms with van der Waals surface area (Å²) in [5, 5.41) is 28.4. The lowest BCUT2D eigenvalue weighted by atomic mass is 9.63. The fourth-order valence-electron chi connectivity index (χ4n) is 4.63. The van der Waals surface area contributed by atoms with E-state index >= 15 is 0 Å². The molecule has 4 heterocycles. The molecule has 4 saturated heterocycles. The zero-order valence-electron chi connectivity index (χ0n) is 9.88. The number of carboxylic acids is 2. The first-order chi connectivity index (χ1) is 9.00. The van der Waals surface area contributed by atoms with Crippen LogP contribution in [-0.2, 0) is 19.1 Å². The summed E-state index contributed by atoms with van der Waals surface area (Å²) in [5.41, 5.74) is 0. The molecule has 4 aliphatic rings. The van der Waals surface area contributed by atoms with Crippen LogP contribution in [0.1, 0.15) is 6.42 Å². The first kappa shape index (κ1) is 11.6. The number of ether oxygens (including phenoxy) is 2. The normalized spacial score (nSPS) is 57.4. The SMILES string of the molecule is O=C(O)C1C2OC(C1C(=O)O)C1C3OC(CC3O)C21. The minimum Gasteiger partial charge on any atom is -0.481 e. The van der Waals surface area contributed by atoms with Crippen LogP contribution in [0.15, 0.2) is 0 Å². The average molecular weight is 270 g/mol. The lowest BCUT2D eigenvalue weighted by Gasteiger charge is -2.36.